The summed E-state index contributed by atoms with van der Waals surface area (Å²) in [5.41, 5.74) is 2.48. The average molecular weight is 211 g/mol. The maximum absolute atomic E-state index is 5.28. The second-order valence-electron chi connectivity index (χ2n) is 2.87. The van der Waals surface area contributed by atoms with E-state index in [-0.39, 0.29) is 0 Å². The van der Waals surface area contributed by atoms with Crippen LogP contribution in [0, 0.1) is 0 Å². The first-order valence-corrected chi connectivity index (χ1v) is 4.93. The number of nitrogens with zero attached hydrogens (tertiary/aromatic N) is 4. The average Bonchev–Trinajstić information content (AvgIpc) is 2.71. The lowest BCUT2D eigenvalue weighted by molar-refractivity contribution is 0.695. The lowest BCUT2D eigenvalue weighted by Crippen LogP contribution is -2.41. The predicted octanol–water partition coefficient (Wildman–Crippen LogP) is -0.773. The molecule has 0 aromatic carbocycles. The van der Waals surface area contributed by atoms with Crippen molar-refractivity contribution in [3.05, 3.63) is 12.2 Å². The minimum absolute atomic E-state index is 0.459. The monoisotopic (exact) mass is 211 g/mol. The van der Waals surface area contributed by atoms with Crippen LogP contribution >= 0.6 is 0 Å². The van der Waals surface area contributed by atoms with E-state index < -0.39 is 0 Å². The van der Waals surface area contributed by atoms with Gasteiger partial charge in [0.1, 0.15) is 12.9 Å². The number of aryl methyl sites for hydroxylation is 1. The molecule has 7 nitrogen and oxygen atoms in total. The van der Waals surface area contributed by atoms with E-state index in [4.69, 9.17) is 5.84 Å². The summed E-state index contributed by atoms with van der Waals surface area (Å²) in [5.74, 6) is 6.66. The highest BCUT2D eigenvalue weighted by molar-refractivity contribution is 5.78. The van der Waals surface area contributed by atoms with Gasteiger partial charge in [-0.1, -0.05) is 0 Å². The summed E-state index contributed by atoms with van der Waals surface area (Å²) in [6.45, 7) is 6.07. The van der Waals surface area contributed by atoms with Gasteiger partial charge in [-0.2, -0.15) is 0 Å². The number of hydrazine groups is 1. The molecule has 0 saturated heterocycles. The van der Waals surface area contributed by atoms with Crippen molar-refractivity contribution in [3.8, 4) is 0 Å². The van der Waals surface area contributed by atoms with Gasteiger partial charge < -0.3 is 9.88 Å². The molecule has 0 aliphatic carbocycles. The maximum Gasteiger partial charge on any atom is 0.206 e. The van der Waals surface area contributed by atoms with E-state index in [9.17, 15) is 0 Å². The van der Waals surface area contributed by atoms with Gasteiger partial charge in [-0.05, 0) is 13.8 Å². The van der Waals surface area contributed by atoms with Gasteiger partial charge in [0.25, 0.3) is 0 Å². The summed E-state index contributed by atoms with van der Waals surface area (Å²) in [7, 11) is 0. The minimum atomic E-state index is 0.459. The van der Waals surface area contributed by atoms with Gasteiger partial charge >= 0.3 is 0 Å². The molecule has 15 heavy (non-hydrogen) atoms. The highest BCUT2D eigenvalue weighted by Gasteiger charge is 2.01. The largest absolute Gasteiger partial charge is 0.356 e. The highest BCUT2D eigenvalue weighted by atomic mass is 15.3. The topological polar surface area (TPSA) is 93.1 Å². The van der Waals surface area contributed by atoms with Gasteiger partial charge in [0.15, 0.2) is 5.82 Å². The molecule has 0 unspecified atom stereocenters. The zero-order valence-electron chi connectivity index (χ0n) is 9.06. The smallest absolute Gasteiger partial charge is 0.206 e. The molecular weight excluding hydrogens is 194 g/mol. The summed E-state index contributed by atoms with van der Waals surface area (Å²) >= 11 is 0. The van der Waals surface area contributed by atoms with Crippen molar-refractivity contribution >= 4 is 5.96 Å². The SMILES string of the molecule is CCNC(=NCc1nncn1CC)NN. The van der Waals surface area contributed by atoms with Crippen LogP contribution in [0.3, 0.4) is 0 Å². The molecule has 84 valence electrons. The number of rotatable bonds is 4. The van der Waals surface area contributed by atoms with E-state index in [1.807, 2.05) is 18.4 Å². The van der Waals surface area contributed by atoms with Crippen molar-refractivity contribution in [2.24, 2.45) is 10.8 Å². The summed E-state index contributed by atoms with van der Waals surface area (Å²) in [6, 6.07) is 0. The Morgan fingerprint density at radius 2 is 2.40 bits per heavy atom. The van der Waals surface area contributed by atoms with Crippen molar-refractivity contribution < 1.29 is 0 Å². The Labute approximate surface area is 88.8 Å². The first-order chi connectivity index (χ1) is 7.31. The molecule has 7 heteroatoms. The number of hydrogen-bond donors (Lipinski definition) is 3. The van der Waals surface area contributed by atoms with E-state index in [0.29, 0.717) is 12.5 Å². The fourth-order valence-corrected chi connectivity index (χ4v) is 1.14. The standard InChI is InChI=1S/C8H17N7/c1-3-10-8(13-9)11-5-7-14-12-6-15(7)4-2/h6H,3-5,9H2,1-2H3,(H2,10,11,13). The number of aromatic nitrogens is 3. The van der Waals surface area contributed by atoms with Crippen LogP contribution in [0.1, 0.15) is 19.7 Å². The highest BCUT2D eigenvalue weighted by Crippen LogP contribution is 1.96. The summed E-state index contributed by atoms with van der Waals surface area (Å²) < 4.78 is 1.93. The van der Waals surface area contributed by atoms with E-state index in [1.165, 1.54) is 0 Å². The van der Waals surface area contributed by atoms with Crippen LogP contribution in [0.2, 0.25) is 0 Å². The van der Waals surface area contributed by atoms with Crippen molar-refractivity contribution in [3.63, 3.8) is 0 Å². The lowest BCUT2D eigenvalue weighted by Gasteiger charge is -2.06. The van der Waals surface area contributed by atoms with E-state index >= 15 is 0 Å². The Morgan fingerprint density at radius 1 is 1.60 bits per heavy atom. The molecule has 4 N–H and O–H groups in total. The van der Waals surface area contributed by atoms with Crippen LogP contribution in [0.25, 0.3) is 0 Å². The van der Waals surface area contributed by atoms with Gasteiger partial charge in [0.05, 0.1) is 0 Å². The Hall–Kier alpha value is -1.63. The minimum Gasteiger partial charge on any atom is -0.356 e. The molecule has 1 rings (SSSR count). The third kappa shape index (κ3) is 3.21. The van der Waals surface area contributed by atoms with Gasteiger partial charge in [-0.3, -0.25) is 5.43 Å². The second kappa shape index (κ2) is 5.97. The van der Waals surface area contributed by atoms with Crippen LogP contribution in [0.5, 0.6) is 0 Å². The van der Waals surface area contributed by atoms with Crippen LogP contribution in [0.15, 0.2) is 11.3 Å². The lowest BCUT2D eigenvalue weighted by atomic mass is 10.5. The second-order valence-corrected chi connectivity index (χ2v) is 2.87. The first-order valence-electron chi connectivity index (χ1n) is 4.93. The zero-order valence-corrected chi connectivity index (χ0v) is 9.06. The summed E-state index contributed by atoms with van der Waals surface area (Å²) in [6.07, 6.45) is 1.69. The van der Waals surface area contributed by atoms with Crippen LogP contribution in [0.4, 0.5) is 0 Å². The zero-order chi connectivity index (χ0) is 11.1. The number of nitrogens with two attached hydrogens (primary N) is 1. The molecule has 1 heterocycles. The van der Waals surface area contributed by atoms with Gasteiger partial charge in [-0.25, -0.2) is 10.8 Å². The quantitative estimate of drug-likeness (QED) is 0.263. The molecule has 0 bridgehead atoms. The fraction of sp³-hybridized carbons (Fsp3) is 0.625. The normalized spacial score (nSPS) is 11.5. The molecule has 0 spiro atoms. The van der Waals surface area contributed by atoms with Gasteiger partial charge in [0.2, 0.25) is 5.96 Å². The summed E-state index contributed by atoms with van der Waals surface area (Å²) in [5, 5.41) is 10.8. The third-order valence-electron chi connectivity index (χ3n) is 1.90. The van der Waals surface area contributed by atoms with Gasteiger partial charge in [0, 0.05) is 13.1 Å². The molecule has 0 saturated carbocycles. The fourth-order valence-electron chi connectivity index (χ4n) is 1.14. The Balaban J connectivity index is 2.61. The number of aliphatic imine (C=N–C) groups is 1. The van der Waals surface area contributed by atoms with Crippen molar-refractivity contribution in [2.75, 3.05) is 6.54 Å². The van der Waals surface area contributed by atoms with E-state index in [2.05, 4.69) is 25.9 Å². The Bertz CT molecular complexity index is 317. The van der Waals surface area contributed by atoms with Crippen LogP contribution in [-0.4, -0.2) is 27.3 Å². The van der Waals surface area contributed by atoms with Gasteiger partial charge in [-0.15, -0.1) is 10.2 Å². The molecule has 0 radical (unpaired) electrons. The van der Waals surface area contributed by atoms with Crippen LogP contribution in [-0.2, 0) is 13.1 Å². The molecule has 0 amide bonds. The Kier molecular flexibility index (Phi) is 4.55. The number of nitrogens with one attached hydrogen (secondary N) is 2. The van der Waals surface area contributed by atoms with Crippen molar-refractivity contribution in [1.29, 1.82) is 0 Å². The third-order valence-corrected chi connectivity index (χ3v) is 1.90. The molecule has 0 aliphatic heterocycles. The van der Waals surface area contributed by atoms with E-state index in [1.54, 1.807) is 6.33 Å². The van der Waals surface area contributed by atoms with Crippen LogP contribution < -0.4 is 16.6 Å². The molecule has 0 fully saturated rings. The molecule has 1 aromatic rings. The predicted molar refractivity (Wildman–Crippen MR) is 57.8 cm³/mol. The molecule has 1 aromatic heterocycles. The maximum atomic E-state index is 5.28. The molecule has 0 aliphatic rings. The molecule has 0 atom stereocenters. The van der Waals surface area contributed by atoms with Crippen molar-refractivity contribution in [2.45, 2.75) is 26.9 Å². The number of guanidine groups is 1. The van der Waals surface area contributed by atoms with E-state index in [0.717, 1.165) is 18.9 Å². The molecular formula is C8H17N7. The van der Waals surface area contributed by atoms with Crippen molar-refractivity contribution in [1.82, 2.24) is 25.5 Å². The summed E-state index contributed by atoms with van der Waals surface area (Å²) in [4.78, 5) is 4.23. The first kappa shape index (κ1) is 11.4. The Morgan fingerprint density at radius 3 is 3.00 bits per heavy atom. The number of hydrogen-bond acceptors (Lipinski definition) is 4.